The van der Waals surface area contributed by atoms with Crippen molar-refractivity contribution in [1.29, 1.82) is 0 Å². The van der Waals surface area contributed by atoms with Crippen LogP contribution in [0.2, 0.25) is 0 Å². The second kappa shape index (κ2) is 5.14. The Morgan fingerprint density at radius 1 is 1.50 bits per heavy atom. The third kappa shape index (κ3) is 3.72. The van der Waals surface area contributed by atoms with Crippen molar-refractivity contribution in [3.8, 4) is 0 Å². The molecular weight excluding hydrogens is 154 g/mol. The van der Waals surface area contributed by atoms with Crippen LogP contribution in [0.1, 0.15) is 27.2 Å². The number of likely N-dealkylation sites (N-methyl/N-ethyl adjacent to an activating group) is 1. The van der Waals surface area contributed by atoms with Crippen molar-refractivity contribution in [1.82, 2.24) is 4.90 Å². The van der Waals surface area contributed by atoms with E-state index in [1.165, 1.54) is 0 Å². The van der Waals surface area contributed by atoms with Gasteiger partial charge in [0.05, 0.1) is 0 Å². The molecule has 0 fully saturated rings. The number of carboxylic acid groups (broad SMARTS) is 1. The zero-order valence-corrected chi connectivity index (χ0v) is 8.37. The molecule has 3 heteroatoms. The van der Waals surface area contributed by atoms with E-state index in [9.17, 15) is 4.79 Å². The molecule has 3 nitrogen and oxygen atoms in total. The first-order valence-electron chi connectivity index (χ1n) is 4.42. The highest BCUT2D eigenvalue weighted by molar-refractivity contribution is 5.73. The van der Waals surface area contributed by atoms with Crippen LogP contribution in [0.25, 0.3) is 0 Å². The van der Waals surface area contributed by atoms with Crippen molar-refractivity contribution in [2.24, 2.45) is 5.92 Å². The molecule has 0 aliphatic heterocycles. The largest absolute Gasteiger partial charge is 0.480 e. The van der Waals surface area contributed by atoms with E-state index < -0.39 is 5.97 Å². The van der Waals surface area contributed by atoms with Crippen LogP contribution in [0.3, 0.4) is 0 Å². The molecule has 12 heavy (non-hydrogen) atoms. The fourth-order valence-electron chi connectivity index (χ4n) is 1.38. The Balaban J connectivity index is 4.02. The summed E-state index contributed by atoms with van der Waals surface area (Å²) < 4.78 is 0. The zero-order valence-electron chi connectivity index (χ0n) is 8.37. The Hall–Kier alpha value is -0.570. The second-order valence-electron chi connectivity index (χ2n) is 3.60. The van der Waals surface area contributed by atoms with Gasteiger partial charge in [-0.3, -0.25) is 9.69 Å². The quantitative estimate of drug-likeness (QED) is 0.684. The number of rotatable bonds is 5. The van der Waals surface area contributed by atoms with Crippen LogP contribution < -0.4 is 0 Å². The van der Waals surface area contributed by atoms with E-state index in [0.29, 0.717) is 12.3 Å². The molecule has 0 aromatic heterocycles. The number of hydrogen-bond acceptors (Lipinski definition) is 2. The van der Waals surface area contributed by atoms with Gasteiger partial charge in [-0.2, -0.15) is 0 Å². The fourth-order valence-corrected chi connectivity index (χ4v) is 1.38. The topological polar surface area (TPSA) is 40.5 Å². The highest BCUT2D eigenvalue weighted by Gasteiger charge is 2.20. The first-order chi connectivity index (χ1) is 5.49. The van der Waals surface area contributed by atoms with Crippen LogP contribution in [-0.2, 0) is 4.79 Å². The molecule has 0 heterocycles. The van der Waals surface area contributed by atoms with Gasteiger partial charge in [0.25, 0.3) is 0 Å². The average molecular weight is 173 g/mol. The van der Waals surface area contributed by atoms with Gasteiger partial charge in [0, 0.05) is 6.54 Å². The minimum Gasteiger partial charge on any atom is -0.480 e. The third-order valence-corrected chi connectivity index (χ3v) is 1.86. The van der Waals surface area contributed by atoms with Gasteiger partial charge in [-0.25, -0.2) is 0 Å². The van der Waals surface area contributed by atoms with E-state index in [4.69, 9.17) is 5.11 Å². The lowest BCUT2D eigenvalue weighted by Gasteiger charge is -2.24. The number of carbonyl (C=O) groups is 1. The van der Waals surface area contributed by atoms with E-state index in [1.807, 2.05) is 18.9 Å². The summed E-state index contributed by atoms with van der Waals surface area (Å²) in [7, 11) is 1.86. The molecule has 0 saturated heterocycles. The van der Waals surface area contributed by atoms with Crippen molar-refractivity contribution >= 4 is 5.97 Å². The van der Waals surface area contributed by atoms with Crippen LogP contribution >= 0.6 is 0 Å². The summed E-state index contributed by atoms with van der Waals surface area (Å²) in [4.78, 5) is 12.6. The monoisotopic (exact) mass is 173 g/mol. The Labute approximate surface area is 74.4 Å². The molecule has 72 valence electrons. The normalized spacial score (nSPS) is 13.8. The maximum absolute atomic E-state index is 10.7. The van der Waals surface area contributed by atoms with Gasteiger partial charge in [-0.15, -0.1) is 0 Å². The van der Waals surface area contributed by atoms with Crippen LogP contribution in [0.15, 0.2) is 0 Å². The van der Waals surface area contributed by atoms with Gasteiger partial charge in [0.1, 0.15) is 6.04 Å². The molecular formula is C9H19NO2. The Morgan fingerprint density at radius 2 is 2.00 bits per heavy atom. The molecule has 0 aromatic carbocycles. The summed E-state index contributed by atoms with van der Waals surface area (Å²) in [6.07, 6.45) is 0.665. The molecule has 1 N–H and O–H groups in total. The fraction of sp³-hybridized carbons (Fsp3) is 0.889. The van der Waals surface area contributed by atoms with Crippen LogP contribution in [0.4, 0.5) is 0 Å². The van der Waals surface area contributed by atoms with Crippen LogP contribution in [0.5, 0.6) is 0 Å². The summed E-state index contributed by atoms with van der Waals surface area (Å²) in [5.41, 5.74) is 0. The van der Waals surface area contributed by atoms with E-state index in [-0.39, 0.29) is 6.04 Å². The molecule has 0 amide bonds. The predicted molar refractivity (Wildman–Crippen MR) is 49.2 cm³/mol. The predicted octanol–water partition coefficient (Wildman–Crippen LogP) is 1.44. The van der Waals surface area contributed by atoms with Crippen molar-refractivity contribution < 1.29 is 9.90 Å². The molecule has 1 unspecified atom stereocenters. The van der Waals surface area contributed by atoms with E-state index in [2.05, 4.69) is 13.8 Å². The van der Waals surface area contributed by atoms with Gasteiger partial charge >= 0.3 is 5.97 Å². The van der Waals surface area contributed by atoms with Crippen molar-refractivity contribution in [2.75, 3.05) is 13.6 Å². The minimum atomic E-state index is -0.722. The Kier molecular flexibility index (Phi) is 4.90. The molecule has 0 saturated carbocycles. The van der Waals surface area contributed by atoms with Crippen molar-refractivity contribution in [2.45, 2.75) is 33.2 Å². The van der Waals surface area contributed by atoms with Crippen LogP contribution in [0, 0.1) is 5.92 Å². The zero-order chi connectivity index (χ0) is 9.72. The maximum atomic E-state index is 10.7. The Morgan fingerprint density at radius 3 is 2.25 bits per heavy atom. The van der Waals surface area contributed by atoms with Gasteiger partial charge in [0.2, 0.25) is 0 Å². The lowest BCUT2D eigenvalue weighted by Crippen LogP contribution is -2.39. The summed E-state index contributed by atoms with van der Waals surface area (Å²) in [6.45, 7) is 6.91. The molecule has 1 atom stereocenters. The number of aliphatic carboxylic acids is 1. The summed E-state index contributed by atoms with van der Waals surface area (Å²) >= 11 is 0. The van der Waals surface area contributed by atoms with Crippen LogP contribution in [-0.4, -0.2) is 35.6 Å². The van der Waals surface area contributed by atoms with Crippen molar-refractivity contribution in [3.63, 3.8) is 0 Å². The molecule has 0 aliphatic carbocycles. The summed E-state index contributed by atoms with van der Waals surface area (Å²) in [6, 6.07) is -0.326. The van der Waals surface area contributed by atoms with Gasteiger partial charge < -0.3 is 5.11 Å². The second-order valence-corrected chi connectivity index (χ2v) is 3.60. The lowest BCUT2D eigenvalue weighted by atomic mass is 10.1. The average Bonchev–Trinajstić information content (AvgIpc) is 1.85. The lowest BCUT2D eigenvalue weighted by molar-refractivity contribution is -0.143. The summed E-state index contributed by atoms with van der Waals surface area (Å²) in [5, 5.41) is 8.81. The van der Waals surface area contributed by atoms with Crippen molar-refractivity contribution in [3.05, 3.63) is 0 Å². The molecule has 0 radical (unpaired) electrons. The molecule has 0 aromatic rings. The van der Waals surface area contributed by atoms with Gasteiger partial charge in [0.15, 0.2) is 0 Å². The standard InChI is InChI=1S/C9H19NO2/c1-5-8(9(11)12)10(4)6-7(2)3/h7-8H,5-6H2,1-4H3,(H,11,12). The molecule has 0 rings (SSSR count). The van der Waals surface area contributed by atoms with E-state index >= 15 is 0 Å². The molecule has 0 aliphatic rings. The van der Waals surface area contributed by atoms with Gasteiger partial charge in [-0.1, -0.05) is 20.8 Å². The number of nitrogens with zero attached hydrogens (tertiary/aromatic N) is 1. The number of carboxylic acids is 1. The molecule has 0 spiro atoms. The third-order valence-electron chi connectivity index (χ3n) is 1.86. The van der Waals surface area contributed by atoms with E-state index in [0.717, 1.165) is 6.54 Å². The first kappa shape index (κ1) is 11.4. The SMILES string of the molecule is CCC(C(=O)O)N(C)CC(C)C. The smallest absolute Gasteiger partial charge is 0.320 e. The minimum absolute atomic E-state index is 0.326. The number of hydrogen-bond donors (Lipinski definition) is 1. The van der Waals surface area contributed by atoms with Gasteiger partial charge in [-0.05, 0) is 19.4 Å². The highest BCUT2D eigenvalue weighted by atomic mass is 16.4. The Bertz CT molecular complexity index is 145. The maximum Gasteiger partial charge on any atom is 0.320 e. The summed E-state index contributed by atoms with van der Waals surface area (Å²) in [5.74, 6) is -0.205. The highest BCUT2D eigenvalue weighted by Crippen LogP contribution is 2.05. The molecule has 0 bridgehead atoms. The van der Waals surface area contributed by atoms with E-state index in [1.54, 1.807) is 0 Å². The first-order valence-corrected chi connectivity index (χ1v) is 4.42.